The summed E-state index contributed by atoms with van der Waals surface area (Å²) in [4.78, 5) is 1.09. The van der Waals surface area contributed by atoms with Gasteiger partial charge in [0.15, 0.2) is 0 Å². The minimum absolute atomic E-state index is 0.0353. The predicted molar refractivity (Wildman–Crippen MR) is 89.5 cm³/mol. The largest absolute Gasteiger partial charge is 0.323 e. The number of hydrogen-bond donors (Lipinski definition) is 1. The van der Waals surface area contributed by atoms with Crippen LogP contribution in [0, 0.1) is 0 Å². The van der Waals surface area contributed by atoms with Gasteiger partial charge in [-0.15, -0.1) is 11.8 Å². The van der Waals surface area contributed by atoms with Crippen molar-refractivity contribution in [1.29, 1.82) is 0 Å². The van der Waals surface area contributed by atoms with Crippen molar-refractivity contribution >= 4 is 23.4 Å². The first-order valence-corrected chi connectivity index (χ1v) is 8.28. The Hall–Kier alpha value is -0.960. The number of thioether (sulfide) groups is 1. The van der Waals surface area contributed by atoms with E-state index in [9.17, 15) is 0 Å². The van der Waals surface area contributed by atoms with Crippen molar-refractivity contribution in [3.05, 3.63) is 64.7 Å². The Morgan fingerprint density at radius 3 is 2.70 bits per heavy atom. The average molecular weight is 306 g/mol. The predicted octanol–water partition coefficient (Wildman–Crippen LogP) is 5.08. The number of hydrogen-bond acceptors (Lipinski definition) is 2. The number of halogens is 1. The molecule has 2 aromatic carbocycles. The van der Waals surface area contributed by atoms with Gasteiger partial charge in [-0.3, -0.25) is 0 Å². The lowest BCUT2D eigenvalue weighted by molar-refractivity contribution is 0.823. The molecule has 0 saturated heterocycles. The summed E-state index contributed by atoms with van der Waals surface area (Å²) in [5.74, 6) is 0.833. The van der Waals surface area contributed by atoms with Crippen molar-refractivity contribution in [2.75, 3.05) is 5.75 Å². The van der Waals surface area contributed by atoms with Gasteiger partial charge in [-0.05, 0) is 29.7 Å². The molecular formula is C17H20ClNS. The summed E-state index contributed by atoms with van der Waals surface area (Å²) >= 11 is 7.87. The fourth-order valence-electron chi connectivity index (χ4n) is 2.11. The first-order chi connectivity index (χ1) is 9.70. The van der Waals surface area contributed by atoms with Crippen LogP contribution < -0.4 is 5.73 Å². The highest BCUT2D eigenvalue weighted by molar-refractivity contribution is 7.99. The van der Waals surface area contributed by atoms with Crippen molar-refractivity contribution in [3.8, 4) is 0 Å². The summed E-state index contributed by atoms with van der Waals surface area (Å²) in [6.07, 6.45) is 2.27. The molecule has 1 nitrogen and oxygen atoms in total. The molecule has 3 heteroatoms. The van der Waals surface area contributed by atoms with E-state index in [-0.39, 0.29) is 6.04 Å². The Morgan fingerprint density at radius 2 is 1.95 bits per heavy atom. The van der Waals surface area contributed by atoms with Crippen molar-refractivity contribution in [2.24, 2.45) is 5.73 Å². The lowest BCUT2D eigenvalue weighted by atomic mass is 10.0. The van der Waals surface area contributed by atoms with Crippen LogP contribution in [0.2, 0.25) is 5.02 Å². The van der Waals surface area contributed by atoms with E-state index in [4.69, 9.17) is 17.3 Å². The second-order valence-corrected chi connectivity index (χ2v) is 6.31. The van der Waals surface area contributed by atoms with Crippen LogP contribution in [-0.2, 0) is 6.42 Å². The van der Waals surface area contributed by atoms with Crippen molar-refractivity contribution in [3.63, 3.8) is 0 Å². The molecule has 0 aliphatic heterocycles. The van der Waals surface area contributed by atoms with E-state index in [1.807, 2.05) is 24.3 Å². The molecule has 0 aliphatic carbocycles. The number of benzene rings is 2. The molecule has 0 aliphatic rings. The first-order valence-electron chi connectivity index (χ1n) is 6.92. The Kier molecular flexibility index (Phi) is 5.96. The van der Waals surface area contributed by atoms with Gasteiger partial charge in [-0.2, -0.15) is 0 Å². The van der Waals surface area contributed by atoms with Crippen LogP contribution in [0.5, 0.6) is 0 Å². The number of aryl methyl sites for hydroxylation is 1. The lowest BCUT2D eigenvalue weighted by Crippen LogP contribution is -2.13. The van der Waals surface area contributed by atoms with Crippen molar-refractivity contribution in [2.45, 2.75) is 30.7 Å². The van der Waals surface area contributed by atoms with Crippen molar-refractivity contribution in [1.82, 2.24) is 0 Å². The fraction of sp³-hybridized carbons (Fsp3) is 0.294. The van der Waals surface area contributed by atoms with Gasteiger partial charge in [0.1, 0.15) is 0 Å². The van der Waals surface area contributed by atoms with Crippen LogP contribution in [0.1, 0.15) is 30.5 Å². The molecule has 2 aromatic rings. The summed E-state index contributed by atoms with van der Waals surface area (Å²) in [7, 11) is 0. The molecular weight excluding hydrogens is 286 g/mol. The molecule has 0 bridgehead atoms. The molecule has 106 valence electrons. The third-order valence-electron chi connectivity index (χ3n) is 3.17. The van der Waals surface area contributed by atoms with Gasteiger partial charge in [0.05, 0.1) is 5.02 Å². The molecule has 2 rings (SSSR count). The van der Waals surface area contributed by atoms with E-state index in [1.165, 1.54) is 11.1 Å². The van der Waals surface area contributed by atoms with Gasteiger partial charge in [0, 0.05) is 16.7 Å². The SMILES string of the molecule is CCCc1cccc(C(N)CSc2ccccc2Cl)c1. The number of rotatable bonds is 6. The zero-order valence-corrected chi connectivity index (χ0v) is 13.3. The van der Waals surface area contributed by atoms with E-state index >= 15 is 0 Å². The van der Waals surface area contributed by atoms with Crippen LogP contribution in [0.4, 0.5) is 0 Å². The highest BCUT2D eigenvalue weighted by Crippen LogP contribution is 2.29. The van der Waals surface area contributed by atoms with Crippen LogP contribution in [0.15, 0.2) is 53.4 Å². The second kappa shape index (κ2) is 7.72. The Morgan fingerprint density at radius 1 is 1.15 bits per heavy atom. The van der Waals surface area contributed by atoms with Gasteiger partial charge in [-0.1, -0.05) is 61.3 Å². The molecule has 0 aromatic heterocycles. The molecule has 1 atom stereocenters. The normalized spacial score (nSPS) is 12.3. The Balaban J connectivity index is 1.99. The molecule has 0 amide bonds. The van der Waals surface area contributed by atoms with Crippen LogP contribution in [0.25, 0.3) is 0 Å². The summed E-state index contributed by atoms with van der Waals surface area (Å²) in [6.45, 7) is 2.19. The molecule has 2 N–H and O–H groups in total. The highest BCUT2D eigenvalue weighted by atomic mass is 35.5. The number of nitrogens with two attached hydrogens (primary N) is 1. The summed E-state index contributed by atoms with van der Waals surface area (Å²) < 4.78 is 0. The monoisotopic (exact) mass is 305 g/mol. The summed E-state index contributed by atoms with van der Waals surface area (Å²) in [5.41, 5.74) is 8.86. The maximum absolute atomic E-state index is 6.29. The zero-order chi connectivity index (χ0) is 14.4. The Bertz CT molecular complexity index is 556. The molecule has 0 radical (unpaired) electrons. The third-order valence-corrected chi connectivity index (χ3v) is 4.81. The van der Waals surface area contributed by atoms with Gasteiger partial charge in [0.25, 0.3) is 0 Å². The van der Waals surface area contributed by atoms with E-state index < -0.39 is 0 Å². The molecule has 0 spiro atoms. The van der Waals surface area contributed by atoms with Gasteiger partial charge in [-0.25, -0.2) is 0 Å². The highest BCUT2D eigenvalue weighted by Gasteiger charge is 2.08. The average Bonchev–Trinajstić information content (AvgIpc) is 2.47. The second-order valence-electron chi connectivity index (χ2n) is 4.84. The standard InChI is InChI=1S/C17H20ClNS/c1-2-6-13-7-5-8-14(11-13)16(19)12-20-17-10-4-3-9-15(17)18/h3-5,7-11,16H,2,6,12,19H2,1H3. The molecule has 1 unspecified atom stereocenters. The minimum atomic E-state index is 0.0353. The maximum atomic E-state index is 6.29. The van der Waals surface area contributed by atoms with Crippen LogP contribution >= 0.6 is 23.4 Å². The van der Waals surface area contributed by atoms with Crippen LogP contribution in [0.3, 0.4) is 0 Å². The van der Waals surface area contributed by atoms with E-state index in [0.29, 0.717) is 0 Å². The summed E-state index contributed by atoms with van der Waals surface area (Å²) in [5, 5.41) is 0.796. The zero-order valence-electron chi connectivity index (χ0n) is 11.7. The third kappa shape index (κ3) is 4.27. The topological polar surface area (TPSA) is 26.0 Å². The van der Waals surface area contributed by atoms with Crippen LogP contribution in [-0.4, -0.2) is 5.75 Å². The maximum Gasteiger partial charge on any atom is 0.0541 e. The molecule has 20 heavy (non-hydrogen) atoms. The van der Waals surface area contributed by atoms with E-state index in [0.717, 1.165) is 28.5 Å². The first kappa shape index (κ1) is 15.4. The van der Waals surface area contributed by atoms with Crippen molar-refractivity contribution < 1.29 is 0 Å². The quantitative estimate of drug-likeness (QED) is 0.753. The smallest absolute Gasteiger partial charge is 0.0541 e. The fourth-order valence-corrected chi connectivity index (χ4v) is 3.34. The van der Waals surface area contributed by atoms with Gasteiger partial charge in [0.2, 0.25) is 0 Å². The van der Waals surface area contributed by atoms with E-state index in [2.05, 4.69) is 31.2 Å². The van der Waals surface area contributed by atoms with Gasteiger partial charge >= 0.3 is 0 Å². The molecule has 0 fully saturated rings. The minimum Gasteiger partial charge on any atom is -0.323 e. The van der Waals surface area contributed by atoms with E-state index in [1.54, 1.807) is 11.8 Å². The molecule has 0 heterocycles. The summed E-state index contributed by atoms with van der Waals surface area (Å²) in [6, 6.07) is 16.5. The Labute approximate surface area is 130 Å². The lowest BCUT2D eigenvalue weighted by Gasteiger charge is -2.13. The molecule has 0 saturated carbocycles. The van der Waals surface area contributed by atoms with Gasteiger partial charge < -0.3 is 5.73 Å².